The maximum absolute atomic E-state index is 12.6. The highest BCUT2D eigenvalue weighted by Gasteiger charge is 2.28. The van der Waals surface area contributed by atoms with Crippen molar-refractivity contribution in [1.82, 2.24) is 4.90 Å². The van der Waals surface area contributed by atoms with E-state index >= 15 is 0 Å². The number of rotatable bonds is 5. The van der Waals surface area contributed by atoms with Crippen LogP contribution in [-0.2, 0) is 16.0 Å². The minimum absolute atomic E-state index is 0.0142. The zero-order valence-electron chi connectivity index (χ0n) is 12.3. The zero-order chi connectivity index (χ0) is 14.5. The van der Waals surface area contributed by atoms with Crippen molar-refractivity contribution in [1.29, 1.82) is 0 Å². The highest BCUT2D eigenvalue weighted by atomic mass is 16.5. The quantitative estimate of drug-likeness (QED) is 0.887. The molecule has 20 heavy (non-hydrogen) atoms. The molecule has 0 radical (unpaired) electrons. The second-order valence-electron chi connectivity index (χ2n) is 5.58. The molecule has 0 heterocycles. The number of fused-ring (bicyclic) bond motifs is 1. The van der Waals surface area contributed by atoms with Gasteiger partial charge in [0.25, 0.3) is 0 Å². The molecule has 0 spiro atoms. The largest absolute Gasteiger partial charge is 0.383 e. The number of carbonyl (C=O) groups is 1. The van der Waals surface area contributed by atoms with E-state index in [1.54, 1.807) is 12.0 Å². The van der Waals surface area contributed by atoms with Crippen LogP contribution < -0.4 is 5.73 Å². The molecule has 2 N–H and O–H groups in total. The molecule has 0 saturated carbocycles. The van der Waals surface area contributed by atoms with Gasteiger partial charge in [-0.15, -0.1) is 0 Å². The summed E-state index contributed by atoms with van der Waals surface area (Å²) in [5.41, 5.74) is 8.43. The molecule has 0 bridgehead atoms. The first-order valence-electron chi connectivity index (χ1n) is 7.20. The van der Waals surface area contributed by atoms with Gasteiger partial charge in [0, 0.05) is 26.7 Å². The number of hydrogen-bond donors (Lipinski definition) is 1. The van der Waals surface area contributed by atoms with Crippen LogP contribution >= 0.6 is 0 Å². The first-order chi connectivity index (χ1) is 9.63. The summed E-state index contributed by atoms with van der Waals surface area (Å²) >= 11 is 0. The summed E-state index contributed by atoms with van der Waals surface area (Å²) in [6.45, 7) is 1.00. The number of likely N-dealkylation sites (N-methyl/N-ethyl adjacent to an activating group) is 1. The van der Waals surface area contributed by atoms with Gasteiger partial charge in [-0.25, -0.2) is 0 Å². The second-order valence-corrected chi connectivity index (χ2v) is 5.58. The van der Waals surface area contributed by atoms with Crippen molar-refractivity contribution in [3.8, 4) is 0 Å². The highest BCUT2D eigenvalue weighted by Crippen LogP contribution is 2.32. The smallest absolute Gasteiger partial charge is 0.229 e. The van der Waals surface area contributed by atoms with Crippen molar-refractivity contribution in [2.24, 2.45) is 5.73 Å². The molecule has 0 aliphatic heterocycles. The molecule has 1 aliphatic rings. The number of nitrogens with two attached hydrogens (primary N) is 1. The molecular weight excluding hydrogens is 252 g/mol. The number of benzene rings is 1. The van der Waals surface area contributed by atoms with E-state index in [9.17, 15) is 4.79 Å². The van der Waals surface area contributed by atoms with Crippen molar-refractivity contribution in [3.63, 3.8) is 0 Å². The third kappa shape index (κ3) is 3.38. The summed E-state index contributed by atoms with van der Waals surface area (Å²) in [5, 5.41) is 0. The Hall–Kier alpha value is -1.39. The third-order valence-corrected chi connectivity index (χ3v) is 3.93. The van der Waals surface area contributed by atoms with Crippen LogP contribution in [0.5, 0.6) is 0 Å². The van der Waals surface area contributed by atoms with Crippen LogP contribution in [0.4, 0.5) is 0 Å². The fraction of sp³-hybridized carbons (Fsp3) is 0.562. The fourth-order valence-corrected chi connectivity index (χ4v) is 2.98. The Labute approximate surface area is 120 Å². The predicted octanol–water partition coefficient (Wildman–Crippen LogP) is 1.54. The van der Waals surface area contributed by atoms with Gasteiger partial charge in [-0.1, -0.05) is 24.3 Å². The van der Waals surface area contributed by atoms with E-state index in [2.05, 4.69) is 12.1 Å². The van der Waals surface area contributed by atoms with Gasteiger partial charge >= 0.3 is 0 Å². The number of methoxy groups -OCH3 is 1. The molecule has 0 aromatic heterocycles. The standard InChI is InChI=1S/C16H24N2O2/c1-18(10-13(17)11-20-2)16(19)15-9-5-7-12-6-3-4-8-14(12)15/h3-4,6,8,13,15H,5,7,9-11,17H2,1-2H3. The first-order valence-corrected chi connectivity index (χ1v) is 7.20. The van der Waals surface area contributed by atoms with Crippen LogP contribution in [0.1, 0.15) is 29.9 Å². The Bertz CT molecular complexity index is 462. The molecule has 4 nitrogen and oxygen atoms in total. The van der Waals surface area contributed by atoms with Gasteiger partial charge in [0.1, 0.15) is 0 Å². The molecule has 110 valence electrons. The number of aryl methyl sites for hydroxylation is 1. The third-order valence-electron chi connectivity index (χ3n) is 3.93. The van der Waals surface area contributed by atoms with Crippen LogP contribution in [0.2, 0.25) is 0 Å². The monoisotopic (exact) mass is 276 g/mol. The van der Waals surface area contributed by atoms with Gasteiger partial charge in [0.2, 0.25) is 5.91 Å². The number of hydrogen-bond acceptors (Lipinski definition) is 3. The van der Waals surface area contributed by atoms with Gasteiger partial charge in [-0.3, -0.25) is 4.79 Å². The van der Waals surface area contributed by atoms with Crippen LogP contribution in [0, 0.1) is 0 Å². The Balaban J connectivity index is 2.06. The Morgan fingerprint density at radius 1 is 1.50 bits per heavy atom. The predicted molar refractivity (Wildman–Crippen MR) is 79.6 cm³/mol. The molecule has 0 saturated heterocycles. The Morgan fingerprint density at radius 3 is 3.00 bits per heavy atom. The lowest BCUT2D eigenvalue weighted by Gasteiger charge is -2.29. The molecule has 1 amide bonds. The molecule has 2 unspecified atom stereocenters. The summed E-state index contributed by atoms with van der Waals surface area (Å²) in [5.74, 6) is 0.156. The second kappa shape index (κ2) is 6.86. The SMILES string of the molecule is COCC(N)CN(C)C(=O)C1CCCc2ccccc21. The highest BCUT2D eigenvalue weighted by molar-refractivity contribution is 5.84. The maximum atomic E-state index is 12.6. The molecule has 2 rings (SSSR count). The fourth-order valence-electron chi connectivity index (χ4n) is 2.98. The van der Waals surface area contributed by atoms with Crippen LogP contribution in [0.25, 0.3) is 0 Å². The summed E-state index contributed by atoms with van der Waals surface area (Å²) in [4.78, 5) is 14.4. The van der Waals surface area contributed by atoms with Gasteiger partial charge in [-0.05, 0) is 30.4 Å². The zero-order valence-corrected chi connectivity index (χ0v) is 12.3. The molecule has 2 atom stereocenters. The summed E-state index contributed by atoms with van der Waals surface area (Å²) in [6, 6.07) is 8.14. The van der Waals surface area contributed by atoms with Gasteiger partial charge in [-0.2, -0.15) is 0 Å². The van der Waals surface area contributed by atoms with Crippen molar-refractivity contribution in [2.75, 3.05) is 27.3 Å². The van der Waals surface area contributed by atoms with Crippen molar-refractivity contribution < 1.29 is 9.53 Å². The first kappa shape index (κ1) is 15.0. The van der Waals surface area contributed by atoms with E-state index in [1.807, 2.05) is 19.2 Å². The molecule has 1 aliphatic carbocycles. The van der Waals surface area contributed by atoms with Gasteiger partial charge in [0.15, 0.2) is 0 Å². The molecule has 1 aromatic rings. The van der Waals surface area contributed by atoms with E-state index in [1.165, 1.54) is 11.1 Å². The lowest BCUT2D eigenvalue weighted by Crippen LogP contribution is -2.43. The minimum Gasteiger partial charge on any atom is -0.383 e. The maximum Gasteiger partial charge on any atom is 0.229 e. The molecule has 1 aromatic carbocycles. The van der Waals surface area contributed by atoms with Crippen molar-refractivity contribution in [2.45, 2.75) is 31.2 Å². The number of ether oxygens (including phenoxy) is 1. The summed E-state index contributed by atoms with van der Waals surface area (Å²) in [6.07, 6.45) is 3.08. The Kier molecular flexibility index (Phi) is 5.15. The summed E-state index contributed by atoms with van der Waals surface area (Å²) < 4.78 is 5.02. The lowest BCUT2D eigenvalue weighted by molar-refractivity contribution is -0.132. The lowest BCUT2D eigenvalue weighted by atomic mass is 9.82. The summed E-state index contributed by atoms with van der Waals surface area (Å²) in [7, 11) is 3.45. The average Bonchev–Trinajstić information content (AvgIpc) is 2.46. The van der Waals surface area contributed by atoms with Gasteiger partial charge < -0.3 is 15.4 Å². The Morgan fingerprint density at radius 2 is 2.25 bits per heavy atom. The van der Waals surface area contributed by atoms with E-state index < -0.39 is 0 Å². The van der Waals surface area contributed by atoms with E-state index in [0.29, 0.717) is 13.2 Å². The number of carbonyl (C=O) groups excluding carboxylic acids is 1. The van der Waals surface area contributed by atoms with E-state index in [0.717, 1.165) is 19.3 Å². The number of amides is 1. The van der Waals surface area contributed by atoms with Crippen LogP contribution in [0.3, 0.4) is 0 Å². The van der Waals surface area contributed by atoms with Crippen molar-refractivity contribution >= 4 is 5.91 Å². The molecule has 4 heteroatoms. The van der Waals surface area contributed by atoms with E-state index in [-0.39, 0.29) is 17.9 Å². The topological polar surface area (TPSA) is 55.6 Å². The van der Waals surface area contributed by atoms with Crippen LogP contribution in [0.15, 0.2) is 24.3 Å². The van der Waals surface area contributed by atoms with Gasteiger partial charge in [0.05, 0.1) is 12.5 Å². The molecular formula is C16H24N2O2. The normalized spacial score (nSPS) is 19.2. The van der Waals surface area contributed by atoms with Crippen LogP contribution in [-0.4, -0.2) is 44.2 Å². The number of nitrogens with zero attached hydrogens (tertiary/aromatic N) is 1. The minimum atomic E-state index is -0.132. The average molecular weight is 276 g/mol. The van der Waals surface area contributed by atoms with E-state index in [4.69, 9.17) is 10.5 Å². The molecule has 0 fully saturated rings. The van der Waals surface area contributed by atoms with Crippen molar-refractivity contribution in [3.05, 3.63) is 35.4 Å².